The van der Waals surface area contributed by atoms with Gasteiger partial charge in [-0.25, -0.2) is 0 Å². The number of carbonyl (C=O) groups excluding carboxylic acids is 4. The molecule has 0 aromatic carbocycles. The Kier molecular flexibility index (Phi) is 21.8. The SMILES string of the molecule is [2H]C(CCCCCC)C(=O)O[C@@H]1C(OC(O)[C@H](O)[C@@H](O)[C@@H](O)CO)O[C@H](C(O)C(=O)CCCCC)[C@](O)(C(=O)CCCCC)[C@@]1(O)C(=O)CCCCC. The van der Waals surface area contributed by atoms with Crippen molar-refractivity contribution < 1.29 is 75.6 Å². The van der Waals surface area contributed by atoms with Gasteiger partial charge in [-0.3, -0.25) is 19.2 Å². The number of aliphatic hydroxyl groups excluding tert-OH is 6. The largest absolute Gasteiger partial charge is 0.453 e. The minimum atomic E-state index is -3.52. The fraction of sp³-hybridized carbons (Fsp3) is 0.892. The zero-order chi connectivity index (χ0) is 40.4. The third kappa shape index (κ3) is 12.8. The molecule has 0 radical (unpaired) electrons. The van der Waals surface area contributed by atoms with Crippen LogP contribution < -0.4 is 0 Å². The predicted octanol–water partition coefficient (Wildman–Crippen LogP) is 1.66. The van der Waals surface area contributed by atoms with E-state index in [1.807, 2.05) is 27.7 Å². The van der Waals surface area contributed by atoms with E-state index in [9.17, 15) is 60.0 Å². The first-order valence-electron chi connectivity index (χ1n) is 19.6. The summed E-state index contributed by atoms with van der Waals surface area (Å²) in [6.45, 7) is 6.45. The van der Waals surface area contributed by atoms with Crippen molar-refractivity contribution in [2.24, 2.45) is 0 Å². The quantitative estimate of drug-likeness (QED) is 0.0307. The third-order valence-corrected chi connectivity index (χ3v) is 9.55. The van der Waals surface area contributed by atoms with E-state index in [-0.39, 0.29) is 25.7 Å². The Morgan fingerprint density at radius 2 is 1.17 bits per heavy atom. The van der Waals surface area contributed by atoms with E-state index in [1.54, 1.807) is 0 Å². The summed E-state index contributed by atoms with van der Waals surface area (Å²) in [5, 5.41) is 87.5. The fourth-order valence-electron chi connectivity index (χ4n) is 6.24. The van der Waals surface area contributed by atoms with E-state index >= 15 is 0 Å². The summed E-state index contributed by atoms with van der Waals surface area (Å²) in [4.78, 5) is 55.3. The molecule has 1 rings (SSSR count). The minimum absolute atomic E-state index is 0.0127. The number of rotatable bonds is 29. The predicted molar refractivity (Wildman–Crippen MR) is 187 cm³/mol. The highest BCUT2D eigenvalue weighted by atomic mass is 16.8. The van der Waals surface area contributed by atoms with Crippen molar-refractivity contribution >= 4 is 23.3 Å². The Bertz CT molecular complexity index is 1110. The molecule has 0 saturated carbocycles. The Morgan fingerprint density at radius 3 is 1.69 bits per heavy atom. The van der Waals surface area contributed by atoms with Crippen LogP contribution >= 0.6 is 0 Å². The summed E-state index contributed by atoms with van der Waals surface area (Å²) in [6, 6.07) is 0. The molecule has 11 atom stereocenters. The molecule has 1 heterocycles. The lowest BCUT2D eigenvalue weighted by atomic mass is 9.64. The van der Waals surface area contributed by atoms with Crippen LogP contribution in [0.15, 0.2) is 0 Å². The number of ether oxygens (including phenoxy) is 3. The smallest absolute Gasteiger partial charge is 0.306 e. The van der Waals surface area contributed by atoms with E-state index in [2.05, 4.69) is 0 Å². The van der Waals surface area contributed by atoms with Crippen LogP contribution in [0, 0.1) is 0 Å². The van der Waals surface area contributed by atoms with E-state index < -0.39 is 110 Å². The lowest BCUT2D eigenvalue weighted by molar-refractivity contribution is -0.378. The molecule has 0 spiro atoms. The van der Waals surface area contributed by atoms with Crippen molar-refractivity contribution in [1.29, 1.82) is 0 Å². The van der Waals surface area contributed by atoms with E-state index in [4.69, 9.17) is 15.6 Å². The molecule has 52 heavy (non-hydrogen) atoms. The molecule has 0 aliphatic carbocycles. The molecule has 0 aromatic rings. The van der Waals surface area contributed by atoms with Crippen molar-refractivity contribution in [2.75, 3.05) is 6.61 Å². The monoisotopic (exact) mass is 751 g/mol. The Hall–Kier alpha value is -1.92. The van der Waals surface area contributed by atoms with Crippen molar-refractivity contribution in [3.63, 3.8) is 0 Å². The van der Waals surface area contributed by atoms with Crippen LogP contribution in [0.25, 0.3) is 0 Å². The molecule has 15 nitrogen and oxygen atoms in total. The van der Waals surface area contributed by atoms with Gasteiger partial charge in [-0.1, -0.05) is 91.9 Å². The van der Waals surface area contributed by atoms with Crippen LogP contribution in [0.5, 0.6) is 0 Å². The molecule has 15 heteroatoms. The van der Waals surface area contributed by atoms with Crippen molar-refractivity contribution in [2.45, 2.75) is 204 Å². The normalized spacial score (nSPS) is 27.2. The van der Waals surface area contributed by atoms with Crippen LogP contribution in [0.2, 0.25) is 0 Å². The van der Waals surface area contributed by atoms with Gasteiger partial charge in [-0.15, -0.1) is 0 Å². The molecule has 1 aliphatic rings. The van der Waals surface area contributed by atoms with Gasteiger partial charge in [-0.05, 0) is 25.7 Å². The summed E-state index contributed by atoms with van der Waals surface area (Å²) in [6.07, 6.45) is -15.1. The van der Waals surface area contributed by atoms with Crippen molar-refractivity contribution in [3.8, 4) is 0 Å². The zero-order valence-corrected chi connectivity index (χ0v) is 31.4. The first kappa shape index (κ1) is 46.2. The highest BCUT2D eigenvalue weighted by Crippen LogP contribution is 2.45. The van der Waals surface area contributed by atoms with Gasteiger partial charge in [0.25, 0.3) is 0 Å². The number of carbonyl (C=O) groups is 4. The lowest BCUT2D eigenvalue weighted by Crippen LogP contribution is -2.82. The van der Waals surface area contributed by atoms with Gasteiger partial charge in [0, 0.05) is 27.0 Å². The molecule has 8 N–H and O–H groups in total. The number of ketones is 3. The van der Waals surface area contributed by atoms with Gasteiger partial charge in [-0.2, -0.15) is 0 Å². The van der Waals surface area contributed by atoms with Gasteiger partial charge in [0.2, 0.25) is 11.9 Å². The number of hydrogen-bond acceptors (Lipinski definition) is 15. The van der Waals surface area contributed by atoms with Crippen LogP contribution in [0.4, 0.5) is 0 Å². The maximum Gasteiger partial charge on any atom is 0.306 e. The number of Topliss-reactive ketones (excluding diaryl/α,β-unsaturated/α-hetero) is 3. The summed E-state index contributed by atoms with van der Waals surface area (Å²) in [5.74, 6) is -4.73. The van der Waals surface area contributed by atoms with E-state index in [0.29, 0.717) is 57.8 Å². The molecule has 4 unspecified atom stereocenters. The number of aliphatic hydroxyl groups is 8. The minimum Gasteiger partial charge on any atom is -0.453 e. The lowest BCUT2D eigenvalue weighted by Gasteiger charge is -2.55. The van der Waals surface area contributed by atoms with Crippen LogP contribution in [0.3, 0.4) is 0 Å². The molecule has 0 amide bonds. The second-order valence-electron chi connectivity index (χ2n) is 13.8. The van der Waals surface area contributed by atoms with Crippen molar-refractivity contribution in [1.82, 2.24) is 0 Å². The molecule has 1 aliphatic heterocycles. The van der Waals surface area contributed by atoms with Crippen LogP contribution in [-0.4, -0.2) is 131 Å². The van der Waals surface area contributed by atoms with E-state index in [1.165, 1.54) is 0 Å². The zero-order valence-electron chi connectivity index (χ0n) is 32.4. The van der Waals surface area contributed by atoms with Gasteiger partial charge >= 0.3 is 5.97 Å². The summed E-state index contributed by atoms with van der Waals surface area (Å²) in [7, 11) is 0. The number of unbranched alkanes of at least 4 members (excludes halogenated alkanes) is 9. The molecule has 304 valence electrons. The van der Waals surface area contributed by atoms with Crippen molar-refractivity contribution in [3.05, 3.63) is 0 Å². The maximum absolute atomic E-state index is 14.3. The number of esters is 1. The van der Waals surface area contributed by atoms with Crippen LogP contribution in [-0.2, 0) is 33.4 Å². The second kappa shape index (κ2) is 24.5. The summed E-state index contributed by atoms with van der Waals surface area (Å²) in [5.41, 5.74) is -6.97. The maximum atomic E-state index is 14.3. The third-order valence-electron chi connectivity index (χ3n) is 9.55. The van der Waals surface area contributed by atoms with Gasteiger partial charge in [0.1, 0.15) is 30.5 Å². The average molecular weight is 752 g/mol. The van der Waals surface area contributed by atoms with E-state index in [0.717, 1.165) is 12.8 Å². The van der Waals surface area contributed by atoms with Gasteiger partial charge in [0.15, 0.2) is 35.3 Å². The molecule has 0 bridgehead atoms. The highest BCUT2D eigenvalue weighted by molar-refractivity contribution is 6.01. The summed E-state index contributed by atoms with van der Waals surface area (Å²) < 4.78 is 25.2. The second-order valence-corrected chi connectivity index (χ2v) is 13.8. The first-order chi connectivity index (χ1) is 25.0. The van der Waals surface area contributed by atoms with Gasteiger partial charge < -0.3 is 55.1 Å². The Morgan fingerprint density at radius 1 is 0.692 bits per heavy atom. The molecule has 0 aromatic heterocycles. The standard InChI is InChI=1S/C37H66O15/c1-5-9-13-14-18-22-28(43)50-33-35(52-34(47)31(46)29(44)25(40)23-38)51-32(30(45)24(39)19-15-10-6-2)36(48,26(41)20-16-11-7-3)37(33,49)27(42)21-17-12-8-4/h25,29-35,38,40,44-49H,5-23H2,1-4H3/t25-,29-,30?,31+,32+,33+,34?,35?,36+,37+/m0/s1/i22D/t22?,25-,29-,30?,31+,32+,33+,34?,35?,36+,37+. The molecular formula is C37H66O15. The number of hydrogen-bond donors (Lipinski definition) is 8. The average Bonchev–Trinajstić information content (AvgIpc) is 3.14. The van der Waals surface area contributed by atoms with Gasteiger partial charge in [0.05, 0.1) is 6.61 Å². The fourth-order valence-corrected chi connectivity index (χ4v) is 6.24. The van der Waals surface area contributed by atoms with Crippen LogP contribution in [0.1, 0.15) is 145 Å². The molecular weight excluding hydrogens is 684 g/mol. The molecule has 1 saturated heterocycles. The Labute approximate surface area is 309 Å². The highest BCUT2D eigenvalue weighted by Gasteiger charge is 2.74. The molecule has 1 fully saturated rings. The Balaban J connectivity index is 4.03. The topological polar surface area (TPSA) is 258 Å². The first-order valence-corrected chi connectivity index (χ1v) is 19.0. The summed E-state index contributed by atoms with van der Waals surface area (Å²) >= 11 is 0.